The minimum absolute atomic E-state index is 0. The number of carbonyl (C=O) groups is 1. The summed E-state index contributed by atoms with van der Waals surface area (Å²) in [6, 6.07) is 3.84. The van der Waals surface area contributed by atoms with Crippen LogP contribution in [0.5, 0.6) is 11.5 Å². The summed E-state index contributed by atoms with van der Waals surface area (Å²) in [6.07, 6.45) is 8.43. The number of allylic oxidation sites excluding steroid dienone is 3. The third kappa shape index (κ3) is 4.11. The van der Waals surface area contributed by atoms with Crippen LogP contribution in [0.2, 0.25) is 0 Å². The van der Waals surface area contributed by atoms with Gasteiger partial charge in [-0.2, -0.15) is 0 Å². The Bertz CT molecular complexity index is 966. The SMILES string of the molecule is C=C/C(C(=O)Nc1cnc(-c2cc3c(cc2C)OCCO3)cn1)=C(C)\C=C/C.[HH]. The zero-order valence-electron chi connectivity index (χ0n) is 16.3. The number of anilines is 1. The van der Waals surface area contributed by atoms with Gasteiger partial charge in [0.1, 0.15) is 13.2 Å². The zero-order chi connectivity index (χ0) is 20.1. The van der Waals surface area contributed by atoms with Crippen molar-refractivity contribution in [2.75, 3.05) is 18.5 Å². The smallest absolute Gasteiger partial charge is 0.257 e. The molecule has 146 valence electrons. The van der Waals surface area contributed by atoms with Crippen LogP contribution in [0.3, 0.4) is 0 Å². The highest BCUT2D eigenvalue weighted by Crippen LogP contribution is 2.36. The number of rotatable bonds is 5. The number of hydrogen-bond acceptors (Lipinski definition) is 5. The molecule has 0 spiro atoms. The summed E-state index contributed by atoms with van der Waals surface area (Å²) in [7, 11) is 0. The normalized spacial score (nSPS) is 13.8. The minimum Gasteiger partial charge on any atom is -0.486 e. The molecule has 0 bridgehead atoms. The van der Waals surface area contributed by atoms with Crippen molar-refractivity contribution in [1.82, 2.24) is 9.97 Å². The van der Waals surface area contributed by atoms with E-state index in [0.29, 0.717) is 36.0 Å². The van der Waals surface area contributed by atoms with Crippen molar-refractivity contribution in [2.24, 2.45) is 0 Å². The summed E-state index contributed by atoms with van der Waals surface area (Å²) in [5.74, 6) is 1.54. The van der Waals surface area contributed by atoms with Gasteiger partial charge in [0, 0.05) is 12.6 Å². The number of ether oxygens (including phenoxy) is 2. The molecule has 1 aromatic carbocycles. The number of benzene rings is 1. The van der Waals surface area contributed by atoms with Crippen molar-refractivity contribution in [3.63, 3.8) is 0 Å². The molecule has 0 aliphatic carbocycles. The van der Waals surface area contributed by atoms with Crippen LogP contribution in [0.15, 0.2) is 60.5 Å². The largest absolute Gasteiger partial charge is 0.486 e. The van der Waals surface area contributed by atoms with E-state index in [9.17, 15) is 4.79 Å². The number of carbonyl (C=O) groups excluding carboxylic acids is 1. The Kier molecular flexibility index (Phi) is 5.89. The number of fused-ring (bicyclic) bond motifs is 1. The van der Waals surface area contributed by atoms with Gasteiger partial charge in [-0.25, -0.2) is 4.98 Å². The van der Waals surface area contributed by atoms with Crippen LogP contribution >= 0.6 is 0 Å². The highest BCUT2D eigenvalue weighted by molar-refractivity contribution is 6.06. The van der Waals surface area contributed by atoms with E-state index in [-0.39, 0.29) is 7.33 Å². The standard InChI is InChI=1S/C22H23N3O3.H2/c1-5-7-14(3)16(6-2)22(26)25-21-13-23-18(12-24-21)17-11-20-19(10-15(17)4)27-8-9-28-20;/h5-7,10-13H,2,8-9H2,1,3-4H3,(H,24,25,26);1H/b7-5-,16-14+;. The second kappa shape index (κ2) is 8.52. The second-order valence-corrected chi connectivity index (χ2v) is 6.35. The maximum Gasteiger partial charge on any atom is 0.257 e. The Morgan fingerprint density at radius 3 is 2.54 bits per heavy atom. The lowest BCUT2D eigenvalue weighted by molar-refractivity contribution is -0.112. The van der Waals surface area contributed by atoms with E-state index >= 15 is 0 Å². The molecule has 1 aliphatic rings. The number of amides is 1. The van der Waals surface area contributed by atoms with Gasteiger partial charge < -0.3 is 14.8 Å². The van der Waals surface area contributed by atoms with Crippen molar-refractivity contribution in [3.05, 3.63) is 66.0 Å². The lowest BCUT2D eigenvalue weighted by Crippen LogP contribution is -2.16. The number of aryl methyl sites for hydroxylation is 1. The minimum atomic E-state index is -0.275. The Morgan fingerprint density at radius 1 is 1.21 bits per heavy atom. The summed E-state index contributed by atoms with van der Waals surface area (Å²) < 4.78 is 11.2. The molecule has 3 rings (SSSR count). The molecule has 6 nitrogen and oxygen atoms in total. The number of hydrogen-bond donors (Lipinski definition) is 1. The summed E-state index contributed by atoms with van der Waals surface area (Å²) in [6.45, 7) is 10.5. The lowest BCUT2D eigenvalue weighted by atomic mass is 10.0. The van der Waals surface area contributed by atoms with Gasteiger partial charge in [-0.1, -0.05) is 24.8 Å². The molecular formula is C22H25N3O3. The summed E-state index contributed by atoms with van der Waals surface area (Å²) in [5, 5.41) is 2.76. The maximum atomic E-state index is 12.5. The molecule has 2 heterocycles. The molecule has 1 aliphatic heterocycles. The third-order valence-electron chi connectivity index (χ3n) is 4.35. The van der Waals surface area contributed by atoms with Gasteiger partial charge in [0.25, 0.3) is 5.91 Å². The number of nitrogens with zero attached hydrogens (tertiary/aromatic N) is 2. The van der Waals surface area contributed by atoms with Gasteiger partial charge >= 0.3 is 0 Å². The molecule has 6 heteroatoms. The van der Waals surface area contributed by atoms with Crippen molar-refractivity contribution in [1.29, 1.82) is 0 Å². The third-order valence-corrected chi connectivity index (χ3v) is 4.35. The Hall–Kier alpha value is -3.41. The Labute approximate surface area is 166 Å². The highest BCUT2D eigenvalue weighted by Gasteiger charge is 2.16. The van der Waals surface area contributed by atoms with Gasteiger partial charge in [-0.05, 0) is 44.0 Å². The average molecular weight is 379 g/mol. The van der Waals surface area contributed by atoms with Crippen LogP contribution in [0, 0.1) is 6.92 Å². The Morgan fingerprint density at radius 2 is 1.93 bits per heavy atom. The van der Waals surface area contributed by atoms with Crippen LogP contribution in [-0.4, -0.2) is 29.1 Å². The molecular weight excluding hydrogens is 354 g/mol. The fourth-order valence-electron chi connectivity index (χ4n) is 2.95. The fraction of sp³-hybridized carbons (Fsp3) is 0.227. The monoisotopic (exact) mass is 379 g/mol. The van der Waals surface area contributed by atoms with Crippen LogP contribution in [0.25, 0.3) is 11.3 Å². The molecule has 0 radical (unpaired) electrons. The second-order valence-electron chi connectivity index (χ2n) is 6.35. The highest BCUT2D eigenvalue weighted by atomic mass is 16.6. The first-order valence-electron chi connectivity index (χ1n) is 9.03. The summed E-state index contributed by atoms with van der Waals surface area (Å²) in [5.41, 5.74) is 3.93. The van der Waals surface area contributed by atoms with E-state index in [0.717, 1.165) is 22.4 Å². The molecule has 1 N–H and O–H groups in total. The Balaban J connectivity index is 0.00000300. The first kappa shape index (κ1) is 19.4. The molecule has 0 unspecified atom stereocenters. The molecule has 0 atom stereocenters. The molecule has 1 aromatic heterocycles. The van der Waals surface area contributed by atoms with E-state index in [4.69, 9.17) is 9.47 Å². The van der Waals surface area contributed by atoms with Gasteiger partial charge in [0.15, 0.2) is 17.3 Å². The predicted molar refractivity (Wildman–Crippen MR) is 112 cm³/mol. The van der Waals surface area contributed by atoms with Crippen LogP contribution in [0.1, 0.15) is 20.8 Å². The van der Waals surface area contributed by atoms with Crippen molar-refractivity contribution in [2.45, 2.75) is 20.8 Å². The molecule has 0 saturated carbocycles. The maximum absolute atomic E-state index is 12.5. The summed E-state index contributed by atoms with van der Waals surface area (Å²) >= 11 is 0. The van der Waals surface area contributed by atoms with Gasteiger partial charge in [0.05, 0.1) is 18.1 Å². The van der Waals surface area contributed by atoms with Crippen LogP contribution in [0.4, 0.5) is 5.82 Å². The van der Waals surface area contributed by atoms with E-state index in [1.54, 1.807) is 6.20 Å². The number of aromatic nitrogens is 2. The topological polar surface area (TPSA) is 73.3 Å². The molecule has 0 saturated heterocycles. The van der Waals surface area contributed by atoms with Crippen LogP contribution in [-0.2, 0) is 4.79 Å². The predicted octanol–water partition coefficient (Wildman–Crippen LogP) is 4.49. The van der Waals surface area contributed by atoms with E-state index < -0.39 is 0 Å². The van der Waals surface area contributed by atoms with Gasteiger partial charge in [-0.3, -0.25) is 9.78 Å². The molecule has 2 aromatic rings. The van der Waals surface area contributed by atoms with E-state index in [2.05, 4.69) is 21.9 Å². The zero-order valence-corrected chi connectivity index (χ0v) is 16.3. The molecule has 0 fully saturated rings. The van der Waals surface area contributed by atoms with Gasteiger partial charge in [-0.15, -0.1) is 0 Å². The van der Waals surface area contributed by atoms with Gasteiger partial charge in [0.2, 0.25) is 0 Å². The average Bonchev–Trinajstić information content (AvgIpc) is 2.69. The van der Waals surface area contributed by atoms with E-state index in [1.807, 2.05) is 45.1 Å². The van der Waals surface area contributed by atoms with Crippen molar-refractivity contribution < 1.29 is 15.7 Å². The first-order chi connectivity index (χ1) is 13.5. The quantitative estimate of drug-likeness (QED) is 0.612. The van der Waals surface area contributed by atoms with E-state index in [1.165, 1.54) is 12.3 Å². The fourth-order valence-corrected chi connectivity index (χ4v) is 2.95. The molecule has 28 heavy (non-hydrogen) atoms. The molecule has 1 amide bonds. The van der Waals surface area contributed by atoms with Crippen molar-refractivity contribution >= 4 is 11.7 Å². The summed E-state index contributed by atoms with van der Waals surface area (Å²) in [4.78, 5) is 21.2. The lowest BCUT2D eigenvalue weighted by Gasteiger charge is -2.20. The van der Waals surface area contributed by atoms with Crippen LogP contribution < -0.4 is 14.8 Å². The number of nitrogens with one attached hydrogen (secondary N) is 1. The first-order valence-corrected chi connectivity index (χ1v) is 9.03. The van der Waals surface area contributed by atoms with Crippen molar-refractivity contribution in [3.8, 4) is 22.8 Å².